The Labute approximate surface area is 71.6 Å². The van der Waals surface area contributed by atoms with E-state index < -0.39 is 0 Å². The summed E-state index contributed by atoms with van der Waals surface area (Å²) in [5.41, 5.74) is 0.703. The molecule has 0 N–H and O–H groups in total. The molecule has 1 atom stereocenters. The number of rotatable bonds is 0. The SMILES string of the molecule is CC1(C)C(=O)CC2CC(=O)C=C21. The van der Waals surface area contributed by atoms with Crippen LogP contribution in [-0.4, -0.2) is 11.6 Å². The molecule has 1 saturated carbocycles. The summed E-state index contributed by atoms with van der Waals surface area (Å²) in [6.45, 7) is 3.83. The molecule has 0 aromatic heterocycles. The van der Waals surface area contributed by atoms with Crippen molar-refractivity contribution in [3.8, 4) is 0 Å². The van der Waals surface area contributed by atoms with Crippen LogP contribution in [0.25, 0.3) is 0 Å². The molecule has 0 saturated heterocycles. The first-order chi connectivity index (χ1) is 5.51. The molecule has 2 aliphatic rings. The predicted molar refractivity (Wildman–Crippen MR) is 44.6 cm³/mol. The predicted octanol–water partition coefficient (Wildman–Crippen LogP) is 1.50. The maximum Gasteiger partial charge on any atom is 0.156 e. The zero-order valence-corrected chi connectivity index (χ0v) is 7.39. The second-order valence-corrected chi connectivity index (χ2v) is 4.22. The first-order valence-electron chi connectivity index (χ1n) is 4.30. The minimum Gasteiger partial charge on any atom is -0.299 e. The van der Waals surface area contributed by atoms with Gasteiger partial charge in [0.2, 0.25) is 0 Å². The highest BCUT2D eigenvalue weighted by atomic mass is 16.1. The third-order valence-electron chi connectivity index (χ3n) is 3.05. The third-order valence-corrected chi connectivity index (χ3v) is 3.05. The number of hydrogen-bond acceptors (Lipinski definition) is 2. The summed E-state index contributed by atoms with van der Waals surface area (Å²) in [6.07, 6.45) is 2.81. The average Bonchev–Trinajstić information content (AvgIpc) is 2.38. The summed E-state index contributed by atoms with van der Waals surface area (Å²) in [6, 6.07) is 0. The van der Waals surface area contributed by atoms with Gasteiger partial charge in [-0.2, -0.15) is 0 Å². The number of Topliss-reactive ketones (excluding diaryl/α,β-unsaturated/α-hetero) is 1. The Balaban J connectivity index is 2.45. The molecular formula is C10H12O2. The molecular weight excluding hydrogens is 152 g/mol. The van der Waals surface area contributed by atoms with Crippen molar-refractivity contribution in [3.63, 3.8) is 0 Å². The van der Waals surface area contributed by atoms with Crippen LogP contribution in [0.4, 0.5) is 0 Å². The van der Waals surface area contributed by atoms with Gasteiger partial charge in [0.1, 0.15) is 5.78 Å². The van der Waals surface area contributed by atoms with Crippen LogP contribution in [-0.2, 0) is 9.59 Å². The Morgan fingerprint density at radius 1 is 1.33 bits per heavy atom. The summed E-state index contributed by atoms with van der Waals surface area (Å²) >= 11 is 0. The third kappa shape index (κ3) is 0.808. The van der Waals surface area contributed by atoms with Gasteiger partial charge >= 0.3 is 0 Å². The van der Waals surface area contributed by atoms with E-state index in [4.69, 9.17) is 0 Å². The van der Waals surface area contributed by atoms with Gasteiger partial charge in [0.15, 0.2) is 5.78 Å². The first-order valence-corrected chi connectivity index (χ1v) is 4.30. The van der Waals surface area contributed by atoms with E-state index in [1.807, 2.05) is 13.8 Å². The molecule has 0 aromatic carbocycles. The van der Waals surface area contributed by atoms with E-state index in [0.717, 1.165) is 5.57 Å². The Morgan fingerprint density at radius 3 is 2.58 bits per heavy atom. The van der Waals surface area contributed by atoms with Crippen LogP contribution in [0.5, 0.6) is 0 Å². The Hall–Kier alpha value is -0.920. The first kappa shape index (κ1) is 7.71. The molecule has 0 aliphatic heterocycles. The van der Waals surface area contributed by atoms with Crippen LogP contribution < -0.4 is 0 Å². The molecule has 2 aliphatic carbocycles. The van der Waals surface area contributed by atoms with Crippen molar-refractivity contribution in [3.05, 3.63) is 11.6 Å². The van der Waals surface area contributed by atoms with Crippen molar-refractivity contribution in [2.24, 2.45) is 11.3 Å². The van der Waals surface area contributed by atoms with Crippen molar-refractivity contribution >= 4 is 11.6 Å². The van der Waals surface area contributed by atoms with Crippen LogP contribution >= 0.6 is 0 Å². The molecule has 0 amide bonds. The molecule has 0 spiro atoms. The Morgan fingerprint density at radius 2 is 2.00 bits per heavy atom. The molecule has 1 fully saturated rings. The Bertz CT molecular complexity index is 297. The topological polar surface area (TPSA) is 34.1 Å². The van der Waals surface area contributed by atoms with E-state index >= 15 is 0 Å². The van der Waals surface area contributed by atoms with Crippen LogP contribution in [0, 0.1) is 11.3 Å². The summed E-state index contributed by atoms with van der Waals surface area (Å²) in [4.78, 5) is 22.5. The highest BCUT2D eigenvalue weighted by molar-refractivity contribution is 6.01. The van der Waals surface area contributed by atoms with Crippen molar-refractivity contribution in [2.75, 3.05) is 0 Å². The summed E-state index contributed by atoms with van der Waals surface area (Å²) < 4.78 is 0. The highest BCUT2D eigenvalue weighted by Gasteiger charge is 2.46. The fourth-order valence-electron chi connectivity index (χ4n) is 2.22. The lowest BCUT2D eigenvalue weighted by Crippen LogP contribution is -2.18. The van der Waals surface area contributed by atoms with E-state index in [2.05, 4.69) is 0 Å². The molecule has 2 nitrogen and oxygen atoms in total. The van der Waals surface area contributed by atoms with E-state index in [1.165, 1.54) is 0 Å². The van der Waals surface area contributed by atoms with Crippen molar-refractivity contribution < 1.29 is 9.59 Å². The second kappa shape index (κ2) is 2.06. The van der Waals surface area contributed by atoms with E-state index in [1.54, 1.807) is 6.08 Å². The average molecular weight is 164 g/mol. The standard InChI is InChI=1S/C10H12O2/c1-10(2)8-5-7(11)3-6(8)4-9(10)12/h5-6H,3-4H2,1-2H3. The number of carbonyl (C=O) groups is 2. The molecule has 0 aromatic rings. The van der Waals surface area contributed by atoms with Crippen molar-refractivity contribution in [2.45, 2.75) is 26.7 Å². The molecule has 0 bridgehead atoms. The molecule has 2 heteroatoms. The quantitative estimate of drug-likeness (QED) is 0.543. The van der Waals surface area contributed by atoms with Crippen molar-refractivity contribution in [1.29, 1.82) is 0 Å². The molecule has 0 heterocycles. The van der Waals surface area contributed by atoms with Crippen LogP contribution in [0.2, 0.25) is 0 Å². The fraction of sp³-hybridized carbons (Fsp3) is 0.600. The number of fused-ring (bicyclic) bond motifs is 1. The van der Waals surface area contributed by atoms with Crippen LogP contribution in [0.3, 0.4) is 0 Å². The van der Waals surface area contributed by atoms with Crippen LogP contribution in [0.1, 0.15) is 26.7 Å². The van der Waals surface area contributed by atoms with Crippen LogP contribution in [0.15, 0.2) is 11.6 Å². The van der Waals surface area contributed by atoms with E-state index in [0.29, 0.717) is 12.8 Å². The number of carbonyl (C=O) groups excluding carboxylic acids is 2. The molecule has 64 valence electrons. The second-order valence-electron chi connectivity index (χ2n) is 4.22. The zero-order valence-electron chi connectivity index (χ0n) is 7.39. The van der Waals surface area contributed by atoms with Gasteiger partial charge in [-0.05, 0) is 31.4 Å². The lowest BCUT2D eigenvalue weighted by atomic mass is 9.85. The smallest absolute Gasteiger partial charge is 0.156 e. The fourth-order valence-corrected chi connectivity index (χ4v) is 2.22. The van der Waals surface area contributed by atoms with Gasteiger partial charge < -0.3 is 0 Å². The van der Waals surface area contributed by atoms with E-state index in [9.17, 15) is 9.59 Å². The van der Waals surface area contributed by atoms with Gasteiger partial charge in [0, 0.05) is 18.3 Å². The van der Waals surface area contributed by atoms with Crippen molar-refractivity contribution in [1.82, 2.24) is 0 Å². The maximum absolute atomic E-state index is 11.5. The molecule has 1 unspecified atom stereocenters. The van der Waals surface area contributed by atoms with Gasteiger partial charge in [-0.3, -0.25) is 9.59 Å². The van der Waals surface area contributed by atoms with Gasteiger partial charge in [0.05, 0.1) is 0 Å². The minimum atomic E-state index is -0.364. The number of ketones is 2. The van der Waals surface area contributed by atoms with Gasteiger partial charge in [-0.15, -0.1) is 0 Å². The number of hydrogen-bond donors (Lipinski definition) is 0. The maximum atomic E-state index is 11.5. The molecule has 0 radical (unpaired) electrons. The summed E-state index contributed by atoms with van der Waals surface area (Å²) in [5.74, 6) is 0.710. The van der Waals surface area contributed by atoms with Gasteiger partial charge in [-0.1, -0.05) is 0 Å². The van der Waals surface area contributed by atoms with E-state index in [-0.39, 0.29) is 22.9 Å². The lowest BCUT2D eigenvalue weighted by molar-refractivity contribution is -0.123. The monoisotopic (exact) mass is 164 g/mol. The number of allylic oxidation sites excluding steroid dienone is 2. The lowest BCUT2D eigenvalue weighted by Gasteiger charge is -2.16. The largest absolute Gasteiger partial charge is 0.299 e. The minimum absolute atomic E-state index is 0.190. The summed E-state index contributed by atoms with van der Waals surface area (Å²) in [5, 5.41) is 0. The summed E-state index contributed by atoms with van der Waals surface area (Å²) in [7, 11) is 0. The zero-order chi connectivity index (χ0) is 8.93. The Kier molecular flexibility index (Phi) is 1.33. The normalized spacial score (nSPS) is 32.2. The van der Waals surface area contributed by atoms with Gasteiger partial charge in [-0.25, -0.2) is 0 Å². The molecule has 12 heavy (non-hydrogen) atoms. The van der Waals surface area contributed by atoms with Gasteiger partial charge in [0.25, 0.3) is 0 Å². The highest BCUT2D eigenvalue weighted by Crippen LogP contribution is 2.47. The molecule has 2 rings (SSSR count).